The minimum absolute atomic E-state index is 0.347. The minimum Gasteiger partial charge on any atom is -0.449 e. The van der Waals surface area contributed by atoms with Crippen molar-refractivity contribution in [3.63, 3.8) is 0 Å². The number of carbonyl (C=O) groups is 1. The molecule has 0 unspecified atom stereocenters. The molecule has 5 heteroatoms. The fourth-order valence-corrected chi connectivity index (χ4v) is 2.00. The average Bonchev–Trinajstić information content (AvgIpc) is 2.75. The maximum Gasteiger partial charge on any atom is 0.427 e. The molecule has 0 saturated carbocycles. The summed E-state index contributed by atoms with van der Waals surface area (Å²) in [6.45, 7) is 6.07. The predicted molar refractivity (Wildman–Crippen MR) is 66.1 cm³/mol. The van der Waals surface area contributed by atoms with Crippen molar-refractivity contribution in [1.29, 1.82) is 0 Å². The number of thiophene rings is 1. The Bertz CT molecular complexity index is 385. The Kier molecular flexibility index (Phi) is 4.98. The van der Waals surface area contributed by atoms with Crippen LogP contribution in [0.15, 0.2) is 17.2 Å². The van der Waals surface area contributed by atoms with Crippen molar-refractivity contribution in [3.05, 3.63) is 21.9 Å². The third kappa shape index (κ3) is 3.66. The average molecular weight is 240 g/mol. The highest BCUT2D eigenvalue weighted by Crippen LogP contribution is 2.17. The third-order valence-corrected chi connectivity index (χ3v) is 3.30. The van der Waals surface area contributed by atoms with Crippen LogP contribution in [0.4, 0.5) is 4.79 Å². The molecule has 0 aliphatic heterocycles. The second-order valence-electron chi connectivity index (χ2n) is 3.15. The summed E-state index contributed by atoms with van der Waals surface area (Å²) in [7, 11) is 0. The summed E-state index contributed by atoms with van der Waals surface area (Å²) in [6, 6.07) is 4.08. The zero-order valence-electron chi connectivity index (χ0n) is 9.74. The van der Waals surface area contributed by atoms with Gasteiger partial charge in [0.1, 0.15) is 0 Å². The number of nitrogens with zero attached hydrogens (tertiary/aromatic N) is 1. The van der Waals surface area contributed by atoms with Gasteiger partial charge in [-0.05, 0) is 32.4 Å². The predicted octanol–water partition coefficient (Wildman–Crippen LogP) is 2.78. The second-order valence-corrected chi connectivity index (χ2v) is 4.32. The van der Waals surface area contributed by atoms with Crippen LogP contribution < -0.4 is 5.43 Å². The molecule has 1 amide bonds. The van der Waals surface area contributed by atoms with Crippen LogP contribution in [0.3, 0.4) is 0 Å². The first-order valence-electron chi connectivity index (χ1n) is 5.23. The van der Waals surface area contributed by atoms with E-state index in [-0.39, 0.29) is 0 Å². The lowest BCUT2D eigenvalue weighted by molar-refractivity contribution is 0.152. The molecule has 0 bridgehead atoms. The standard InChI is InChI=1S/C11H16N2O2S/c1-4-9-6-7-10(16-9)8(3)12-13-11(14)15-5-2/h6-7H,4-5H2,1-3H3,(H,13,14)/b12-8+. The molecule has 1 N–H and O–H groups in total. The van der Waals surface area contributed by atoms with Gasteiger partial charge < -0.3 is 4.74 Å². The SMILES string of the molecule is CCOC(=O)N/N=C(\C)c1ccc(CC)s1. The number of nitrogens with one attached hydrogen (secondary N) is 1. The molecule has 0 aromatic carbocycles. The van der Waals surface area contributed by atoms with Gasteiger partial charge in [0.25, 0.3) is 0 Å². The highest BCUT2D eigenvalue weighted by Gasteiger charge is 2.03. The van der Waals surface area contributed by atoms with Gasteiger partial charge in [0.2, 0.25) is 0 Å². The molecule has 0 saturated heterocycles. The van der Waals surface area contributed by atoms with Crippen LogP contribution >= 0.6 is 11.3 Å². The van der Waals surface area contributed by atoms with Crippen molar-refractivity contribution in [2.45, 2.75) is 27.2 Å². The van der Waals surface area contributed by atoms with E-state index in [1.165, 1.54) is 4.88 Å². The summed E-state index contributed by atoms with van der Waals surface area (Å²) in [6.07, 6.45) is 0.498. The van der Waals surface area contributed by atoms with Crippen LogP contribution in [0.5, 0.6) is 0 Å². The monoisotopic (exact) mass is 240 g/mol. The van der Waals surface area contributed by atoms with E-state index >= 15 is 0 Å². The zero-order chi connectivity index (χ0) is 12.0. The molecule has 1 aromatic heterocycles. The molecule has 1 aromatic rings. The molecule has 0 aliphatic rings. The molecular formula is C11H16N2O2S. The minimum atomic E-state index is -0.519. The van der Waals surface area contributed by atoms with Gasteiger partial charge in [0.15, 0.2) is 0 Å². The highest BCUT2D eigenvalue weighted by molar-refractivity contribution is 7.14. The van der Waals surface area contributed by atoms with Crippen LogP contribution in [0.25, 0.3) is 0 Å². The molecule has 0 radical (unpaired) electrons. The quantitative estimate of drug-likeness (QED) is 0.650. The molecule has 0 aliphatic carbocycles. The summed E-state index contributed by atoms with van der Waals surface area (Å²) >= 11 is 1.68. The number of carbonyl (C=O) groups excluding carboxylic acids is 1. The summed E-state index contributed by atoms with van der Waals surface area (Å²) in [5.41, 5.74) is 3.13. The number of amides is 1. The Morgan fingerprint density at radius 2 is 2.25 bits per heavy atom. The Hall–Kier alpha value is -1.36. The highest BCUT2D eigenvalue weighted by atomic mass is 32.1. The zero-order valence-corrected chi connectivity index (χ0v) is 10.6. The summed E-state index contributed by atoms with van der Waals surface area (Å²) in [5, 5.41) is 3.96. The molecule has 0 spiro atoms. The van der Waals surface area contributed by atoms with E-state index in [4.69, 9.17) is 4.74 Å². The van der Waals surface area contributed by atoms with Crippen LogP contribution in [0.2, 0.25) is 0 Å². The molecule has 1 heterocycles. The number of rotatable bonds is 4. The van der Waals surface area contributed by atoms with Gasteiger partial charge in [-0.2, -0.15) is 5.10 Å². The number of hydrogen-bond acceptors (Lipinski definition) is 4. The van der Waals surface area contributed by atoms with Crippen molar-refractivity contribution in [1.82, 2.24) is 5.43 Å². The Morgan fingerprint density at radius 3 is 2.81 bits per heavy atom. The molecule has 4 nitrogen and oxygen atoms in total. The molecule has 0 fully saturated rings. The number of hydrogen-bond donors (Lipinski definition) is 1. The summed E-state index contributed by atoms with van der Waals surface area (Å²) in [4.78, 5) is 13.4. The van der Waals surface area contributed by atoms with Crippen LogP contribution in [-0.2, 0) is 11.2 Å². The van der Waals surface area contributed by atoms with E-state index in [1.807, 2.05) is 13.0 Å². The van der Waals surface area contributed by atoms with Crippen molar-refractivity contribution >= 4 is 23.1 Å². The van der Waals surface area contributed by atoms with E-state index in [0.29, 0.717) is 6.61 Å². The smallest absolute Gasteiger partial charge is 0.427 e. The van der Waals surface area contributed by atoms with Crippen molar-refractivity contribution < 1.29 is 9.53 Å². The second kappa shape index (κ2) is 6.27. The van der Waals surface area contributed by atoms with E-state index in [9.17, 15) is 4.79 Å². The van der Waals surface area contributed by atoms with E-state index < -0.39 is 6.09 Å². The van der Waals surface area contributed by atoms with Crippen molar-refractivity contribution in [2.24, 2.45) is 5.10 Å². The Labute approximate surface area is 99.3 Å². The van der Waals surface area contributed by atoms with Crippen molar-refractivity contribution in [3.8, 4) is 0 Å². The number of ether oxygens (including phenoxy) is 1. The lowest BCUT2D eigenvalue weighted by Crippen LogP contribution is -2.20. The maximum atomic E-state index is 11.0. The first-order valence-corrected chi connectivity index (χ1v) is 6.05. The van der Waals surface area contributed by atoms with Gasteiger partial charge in [0.05, 0.1) is 17.2 Å². The number of aryl methyl sites for hydroxylation is 1. The van der Waals surface area contributed by atoms with Crippen LogP contribution in [0.1, 0.15) is 30.5 Å². The number of hydrazone groups is 1. The fraction of sp³-hybridized carbons (Fsp3) is 0.455. The molecule has 88 valence electrons. The summed E-state index contributed by atoms with van der Waals surface area (Å²) < 4.78 is 4.70. The first kappa shape index (κ1) is 12.7. The van der Waals surface area contributed by atoms with Crippen molar-refractivity contribution in [2.75, 3.05) is 6.61 Å². The normalized spacial score (nSPS) is 11.3. The Morgan fingerprint density at radius 1 is 1.50 bits per heavy atom. The maximum absolute atomic E-state index is 11.0. The molecular weight excluding hydrogens is 224 g/mol. The van der Waals surface area contributed by atoms with Gasteiger partial charge in [-0.15, -0.1) is 11.3 Å². The summed E-state index contributed by atoms with van der Waals surface area (Å²) in [5.74, 6) is 0. The van der Waals surface area contributed by atoms with Gasteiger partial charge in [0, 0.05) is 4.88 Å². The Balaban J connectivity index is 2.59. The van der Waals surface area contributed by atoms with E-state index in [2.05, 4.69) is 23.5 Å². The largest absolute Gasteiger partial charge is 0.449 e. The topological polar surface area (TPSA) is 50.7 Å². The lowest BCUT2D eigenvalue weighted by atomic mass is 10.3. The molecule has 16 heavy (non-hydrogen) atoms. The van der Waals surface area contributed by atoms with Gasteiger partial charge in [-0.1, -0.05) is 6.92 Å². The lowest BCUT2D eigenvalue weighted by Gasteiger charge is -2.00. The van der Waals surface area contributed by atoms with Crippen LogP contribution in [0, 0.1) is 0 Å². The van der Waals surface area contributed by atoms with E-state index in [1.54, 1.807) is 18.3 Å². The molecule has 1 rings (SSSR count). The van der Waals surface area contributed by atoms with Gasteiger partial charge in [-0.3, -0.25) is 0 Å². The fourth-order valence-electron chi connectivity index (χ4n) is 1.11. The van der Waals surface area contributed by atoms with Gasteiger partial charge in [-0.25, -0.2) is 10.2 Å². The van der Waals surface area contributed by atoms with Crippen LogP contribution in [-0.4, -0.2) is 18.4 Å². The molecule has 0 atom stereocenters. The van der Waals surface area contributed by atoms with Gasteiger partial charge >= 0.3 is 6.09 Å². The first-order chi connectivity index (χ1) is 7.67. The van der Waals surface area contributed by atoms with E-state index in [0.717, 1.165) is 17.0 Å². The third-order valence-electron chi connectivity index (χ3n) is 1.96.